The van der Waals surface area contributed by atoms with E-state index in [1.807, 2.05) is 30.3 Å². The van der Waals surface area contributed by atoms with Crippen LogP contribution in [-0.4, -0.2) is 35.4 Å². The standard InChI is InChI=1S/C29H29FN2O5/c1-18-8-6-7-9-22(18)23-12-10-20(14-21(23)16-34-5)28-31-27(32-37-28)19-11-13-25(24(30)15-19)35-17-26(33)36-29(2,3)4/h6-15H,16-17H2,1-5H3. The van der Waals surface area contributed by atoms with Crippen LogP contribution < -0.4 is 4.74 Å². The zero-order valence-electron chi connectivity index (χ0n) is 21.5. The van der Waals surface area contributed by atoms with Crippen molar-refractivity contribution in [3.63, 3.8) is 0 Å². The molecule has 192 valence electrons. The van der Waals surface area contributed by atoms with Gasteiger partial charge in [0.2, 0.25) is 5.82 Å². The van der Waals surface area contributed by atoms with E-state index in [1.165, 1.54) is 12.1 Å². The molecular formula is C29H29FN2O5. The van der Waals surface area contributed by atoms with Crippen molar-refractivity contribution in [1.29, 1.82) is 0 Å². The fraction of sp³-hybridized carbons (Fsp3) is 0.276. The van der Waals surface area contributed by atoms with Gasteiger partial charge in [-0.15, -0.1) is 0 Å². The van der Waals surface area contributed by atoms with Crippen molar-refractivity contribution in [2.24, 2.45) is 0 Å². The fourth-order valence-corrected chi connectivity index (χ4v) is 3.86. The van der Waals surface area contributed by atoms with E-state index in [2.05, 4.69) is 29.2 Å². The van der Waals surface area contributed by atoms with Crippen LogP contribution in [0.4, 0.5) is 4.39 Å². The van der Waals surface area contributed by atoms with Gasteiger partial charge in [-0.2, -0.15) is 4.98 Å². The highest BCUT2D eigenvalue weighted by Gasteiger charge is 2.19. The molecule has 0 unspecified atom stereocenters. The lowest BCUT2D eigenvalue weighted by Gasteiger charge is -2.19. The highest BCUT2D eigenvalue weighted by atomic mass is 19.1. The van der Waals surface area contributed by atoms with Gasteiger partial charge in [-0.25, -0.2) is 9.18 Å². The van der Waals surface area contributed by atoms with Gasteiger partial charge >= 0.3 is 5.97 Å². The molecule has 0 amide bonds. The highest BCUT2D eigenvalue weighted by molar-refractivity contribution is 5.74. The number of nitrogens with zero attached hydrogens (tertiary/aromatic N) is 2. The van der Waals surface area contributed by atoms with E-state index in [1.54, 1.807) is 33.9 Å². The first-order chi connectivity index (χ1) is 17.6. The maximum absolute atomic E-state index is 14.7. The third kappa shape index (κ3) is 6.40. The summed E-state index contributed by atoms with van der Waals surface area (Å²) < 4.78 is 36.0. The summed E-state index contributed by atoms with van der Waals surface area (Å²) in [7, 11) is 1.65. The SMILES string of the molecule is COCc1cc(-c2nc(-c3ccc(OCC(=O)OC(C)(C)C)c(F)c3)no2)ccc1-c1ccccc1C. The summed E-state index contributed by atoms with van der Waals surface area (Å²) in [5, 5.41) is 4.02. The van der Waals surface area contributed by atoms with Gasteiger partial charge < -0.3 is 18.7 Å². The van der Waals surface area contributed by atoms with E-state index in [9.17, 15) is 9.18 Å². The Labute approximate surface area is 215 Å². The van der Waals surface area contributed by atoms with Gasteiger partial charge in [-0.05, 0) is 80.3 Å². The number of carbonyl (C=O) groups excluding carboxylic acids is 1. The van der Waals surface area contributed by atoms with Gasteiger partial charge in [0.15, 0.2) is 18.2 Å². The predicted molar refractivity (Wildman–Crippen MR) is 137 cm³/mol. The molecule has 0 saturated carbocycles. The van der Waals surface area contributed by atoms with Crippen molar-refractivity contribution in [3.05, 3.63) is 77.6 Å². The molecular weight excluding hydrogens is 475 g/mol. The van der Waals surface area contributed by atoms with Crippen LogP contribution in [0, 0.1) is 12.7 Å². The number of aryl methyl sites for hydroxylation is 1. The maximum atomic E-state index is 14.7. The Kier molecular flexibility index (Phi) is 7.69. The highest BCUT2D eigenvalue weighted by Crippen LogP contribution is 2.32. The summed E-state index contributed by atoms with van der Waals surface area (Å²) in [6.45, 7) is 7.32. The normalized spacial score (nSPS) is 11.4. The molecule has 37 heavy (non-hydrogen) atoms. The third-order valence-corrected chi connectivity index (χ3v) is 5.47. The summed E-state index contributed by atoms with van der Waals surface area (Å²) in [5.74, 6) is -0.787. The number of hydrogen-bond donors (Lipinski definition) is 0. The first kappa shape index (κ1) is 26.0. The summed E-state index contributed by atoms with van der Waals surface area (Å²) >= 11 is 0. The van der Waals surface area contributed by atoms with E-state index in [-0.39, 0.29) is 11.6 Å². The molecule has 4 rings (SSSR count). The molecule has 0 atom stereocenters. The fourth-order valence-electron chi connectivity index (χ4n) is 3.86. The third-order valence-electron chi connectivity index (χ3n) is 5.47. The summed E-state index contributed by atoms with van der Waals surface area (Å²) in [5.41, 5.74) is 4.81. The Morgan fingerprint density at radius 2 is 1.76 bits per heavy atom. The molecule has 0 spiro atoms. The summed E-state index contributed by atoms with van der Waals surface area (Å²) in [6, 6.07) is 18.3. The lowest BCUT2D eigenvalue weighted by atomic mass is 9.94. The first-order valence-corrected chi connectivity index (χ1v) is 11.8. The monoisotopic (exact) mass is 504 g/mol. The molecule has 8 heteroatoms. The Morgan fingerprint density at radius 3 is 2.46 bits per heavy atom. The van der Waals surface area contributed by atoms with Crippen molar-refractivity contribution in [2.45, 2.75) is 39.9 Å². The van der Waals surface area contributed by atoms with E-state index in [4.69, 9.17) is 18.7 Å². The number of methoxy groups -OCH3 is 1. The zero-order chi connectivity index (χ0) is 26.6. The molecule has 1 heterocycles. The van der Waals surface area contributed by atoms with Crippen LogP contribution >= 0.6 is 0 Å². The molecule has 0 aliphatic carbocycles. The van der Waals surface area contributed by atoms with E-state index in [0.717, 1.165) is 27.8 Å². The lowest BCUT2D eigenvalue weighted by molar-refractivity contribution is -0.157. The minimum absolute atomic E-state index is 0.0747. The molecule has 0 saturated heterocycles. The van der Waals surface area contributed by atoms with Crippen molar-refractivity contribution >= 4 is 5.97 Å². The van der Waals surface area contributed by atoms with Gasteiger partial charge in [-0.1, -0.05) is 35.5 Å². The number of hydrogen-bond acceptors (Lipinski definition) is 7. The summed E-state index contributed by atoms with van der Waals surface area (Å²) in [4.78, 5) is 16.3. The lowest BCUT2D eigenvalue weighted by Crippen LogP contribution is -2.27. The molecule has 3 aromatic carbocycles. The molecule has 0 aliphatic heterocycles. The number of ether oxygens (including phenoxy) is 3. The van der Waals surface area contributed by atoms with Crippen LogP contribution in [0.3, 0.4) is 0 Å². The van der Waals surface area contributed by atoms with Crippen LogP contribution in [0.5, 0.6) is 5.75 Å². The van der Waals surface area contributed by atoms with Gasteiger partial charge in [-0.3, -0.25) is 0 Å². The van der Waals surface area contributed by atoms with Gasteiger partial charge in [0, 0.05) is 18.2 Å². The number of halogens is 1. The van der Waals surface area contributed by atoms with Crippen LogP contribution in [0.1, 0.15) is 31.9 Å². The minimum atomic E-state index is -0.655. The molecule has 0 fully saturated rings. The molecule has 4 aromatic rings. The quantitative estimate of drug-likeness (QED) is 0.257. The smallest absolute Gasteiger partial charge is 0.344 e. The van der Waals surface area contributed by atoms with Crippen LogP contribution in [0.15, 0.2) is 65.2 Å². The zero-order valence-corrected chi connectivity index (χ0v) is 21.5. The van der Waals surface area contributed by atoms with E-state index < -0.39 is 24.0 Å². The number of benzene rings is 3. The average Bonchev–Trinajstić information content (AvgIpc) is 3.33. The molecule has 7 nitrogen and oxygen atoms in total. The maximum Gasteiger partial charge on any atom is 0.344 e. The number of carbonyl (C=O) groups is 1. The predicted octanol–water partition coefficient (Wildman–Crippen LogP) is 6.39. The van der Waals surface area contributed by atoms with E-state index >= 15 is 0 Å². The van der Waals surface area contributed by atoms with Crippen molar-refractivity contribution in [3.8, 4) is 39.7 Å². The van der Waals surface area contributed by atoms with Crippen molar-refractivity contribution in [2.75, 3.05) is 13.7 Å². The Balaban J connectivity index is 1.54. The number of rotatable bonds is 8. The second kappa shape index (κ2) is 10.9. The molecule has 0 bridgehead atoms. The molecule has 0 N–H and O–H groups in total. The molecule has 0 radical (unpaired) electrons. The van der Waals surface area contributed by atoms with Gasteiger partial charge in [0.05, 0.1) is 6.61 Å². The second-order valence-corrected chi connectivity index (χ2v) is 9.56. The average molecular weight is 505 g/mol. The first-order valence-electron chi connectivity index (χ1n) is 11.8. The van der Waals surface area contributed by atoms with Crippen LogP contribution in [0.25, 0.3) is 34.0 Å². The molecule has 1 aromatic heterocycles. The van der Waals surface area contributed by atoms with Gasteiger partial charge in [0.25, 0.3) is 5.89 Å². The molecule has 0 aliphatic rings. The van der Waals surface area contributed by atoms with Crippen molar-refractivity contribution in [1.82, 2.24) is 10.1 Å². The topological polar surface area (TPSA) is 83.7 Å². The Morgan fingerprint density at radius 1 is 1.00 bits per heavy atom. The number of esters is 1. The second-order valence-electron chi connectivity index (χ2n) is 9.56. The van der Waals surface area contributed by atoms with E-state index in [0.29, 0.717) is 18.1 Å². The minimum Gasteiger partial charge on any atom is -0.479 e. The number of aromatic nitrogens is 2. The van der Waals surface area contributed by atoms with Crippen LogP contribution in [0.2, 0.25) is 0 Å². The Bertz CT molecular complexity index is 1410. The van der Waals surface area contributed by atoms with Crippen LogP contribution in [-0.2, 0) is 20.9 Å². The summed E-state index contributed by atoms with van der Waals surface area (Å²) in [6.07, 6.45) is 0. The van der Waals surface area contributed by atoms with Gasteiger partial charge in [0.1, 0.15) is 5.60 Å². The Hall–Kier alpha value is -4.04. The largest absolute Gasteiger partial charge is 0.479 e. The van der Waals surface area contributed by atoms with Crippen molar-refractivity contribution < 1.29 is 27.9 Å².